The van der Waals surface area contributed by atoms with Gasteiger partial charge >= 0.3 is 10.2 Å². The summed E-state index contributed by atoms with van der Waals surface area (Å²) in [5, 5.41) is 14.6. The molecule has 0 unspecified atom stereocenters. The van der Waals surface area contributed by atoms with E-state index < -0.39 is 16.1 Å². The van der Waals surface area contributed by atoms with E-state index in [1.165, 1.54) is 6.07 Å². The first-order chi connectivity index (χ1) is 12.2. The van der Waals surface area contributed by atoms with Gasteiger partial charge in [-0.3, -0.25) is 9.48 Å². The maximum atomic E-state index is 12.1. The van der Waals surface area contributed by atoms with Crippen LogP contribution in [0.5, 0.6) is 5.75 Å². The highest BCUT2D eigenvalue weighted by molar-refractivity contribution is 7.92. The lowest BCUT2D eigenvalue weighted by Crippen LogP contribution is -2.30. The first kappa shape index (κ1) is 18.2. The van der Waals surface area contributed by atoms with Gasteiger partial charge in [0.1, 0.15) is 12.3 Å². The van der Waals surface area contributed by atoms with Crippen LogP contribution in [0.15, 0.2) is 24.5 Å². The zero-order valence-corrected chi connectivity index (χ0v) is 15.7. The summed E-state index contributed by atoms with van der Waals surface area (Å²) in [5.74, 6) is -0.260. The molecule has 2 aromatic rings. The maximum absolute atomic E-state index is 12.1. The van der Waals surface area contributed by atoms with Gasteiger partial charge in [-0.1, -0.05) is 19.9 Å². The molecule has 1 aromatic heterocycles. The summed E-state index contributed by atoms with van der Waals surface area (Å²) < 4.78 is 28.9. The maximum Gasteiger partial charge on any atom is 0.326 e. The van der Waals surface area contributed by atoms with Crippen LogP contribution in [0.3, 0.4) is 0 Å². The third kappa shape index (κ3) is 3.39. The zero-order valence-electron chi connectivity index (χ0n) is 14.9. The lowest BCUT2D eigenvalue weighted by molar-refractivity contribution is -0.117. The van der Waals surface area contributed by atoms with E-state index in [4.69, 9.17) is 0 Å². The number of benzene rings is 1. The molecular formula is C17H22N4O4S. The summed E-state index contributed by atoms with van der Waals surface area (Å²) in [4.78, 5) is 11.5. The van der Waals surface area contributed by atoms with Crippen LogP contribution in [0.25, 0.3) is 11.1 Å². The van der Waals surface area contributed by atoms with Crippen molar-refractivity contribution in [2.45, 2.75) is 33.7 Å². The van der Waals surface area contributed by atoms with Crippen molar-refractivity contribution in [3.8, 4) is 16.9 Å². The van der Waals surface area contributed by atoms with Crippen molar-refractivity contribution in [1.29, 1.82) is 0 Å². The number of carbonyl (C=O) groups excluding carboxylic acids is 1. The topological polar surface area (TPSA) is 105 Å². The highest BCUT2D eigenvalue weighted by Gasteiger charge is 2.36. The number of hydrogen-bond donors (Lipinski definition) is 2. The van der Waals surface area contributed by atoms with Gasteiger partial charge in [-0.2, -0.15) is 13.5 Å². The Hall–Kier alpha value is -2.55. The number of aryl methyl sites for hydroxylation is 1. The number of aromatic hydroxyl groups is 1. The van der Waals surface area contributed by atoms with E-state index in [1.807, 2.05) is 15.6 Å². The minimum Gasteiger partial charge on any atom is -0.506 e. The molecule has 1 aliphatic rings. The number of carbonyl (C=O) groups is 1. The summed E-state index contributed by atoms with van der Waals surface area (Å²) >= 11 is 0. The molecule has 1 aromatic carbocycles. The van der Waals surface area contributed by atoms with Crippen molar-refractivity contribution < 1.29 is 18.3 Å². The van der Waals surface area contributed by atoms with E-state index in [0.717, 1.165) is 28.4 Å². The third-order valence-electron chi connectivity index (χ3n) is 4.36. The van der Waals surface area contributed by atoms with E-state index in [1.54, 1.807) is 19.2 Å². The second-order valence-corrected chi connectivity index (χ2v) is 8.41. The molecule has 0 radical (unpaired) electrons. The molecule has 9 heteroatoms. The van der Waals surface area contributed by atoms with Gasteiger partial charge < -0.3 is 5.11 Å². The fourth-order valence-electron chi connectivity index (χ4n) is 2.97. The predicted octanol–water partition coefficient (Wildman–Crippen LogP) is 1.79. The Morgan fingerprint density at radius 1 is 1.35 bits per heavy atom. The molecular weight excluding hydrogens is 356 g/mol. The number of anilines is 1. The molecule has 0 atom stereocenters. The zero-order chi connectivity index (χ0) is 19.1. The van der Waals surface area contributed by atoms with Gasteiger partial charge in [0.15, 0.2) is 0 Å². The van der Waals surface area contributed by atoms with Gasteiger partial charge in [-0.05, 0) is 36.5 Å². The molecule has 0 spiro atoms. The Morgan fingerprint density at radius 2 is 2.08 bits per heavy atom. The van der Waals surface area contributed by atoms with Gasteiger partial charge in [-0.15, -0.1) is 0 Å². The van der Waals surface area contributed by atoms with E-state index in [-0.39, 0.29) is 18.0 Å². The van der Waals surface area contributed by atoms with Gasteiger partial charge in [0.25, 0.3) is 5.91 Å². The number of phenolic OH excluding ortho intramolecular Hbond substituents is 1. The minimum absolute atomic E-state index is 0.107. The highest BCUT2D eigenvalue weighted by Crippen LogP contribution is 2.39. The summed E-state index contributed by atoms with van der Waals surface area (Å²) in [7, 11) is -3.99. The van der Waals surface area contributed by atoms with Crippen molar-refractivity contribution >= 4 is 21.8 Å². The summed E-state index contributed by atoms with van der Waals surface area (Å²) in [6.07, 6.45) is 4.61. The van der Waals surface area contributed by atoms with Crippen LogP contribution in [-0.2, 0) is 21.5 Å². The molecule has 1 saturated heterocycles. The average molecular weight is 378 g/mol. The molecule has 1 aliphatic heterocycles. The van der Waals surface area contributed by atoms with E-state index >= 15 is 0 Å². The fraction of sp³-hybridized carbons (Fsp3) is 0.412. The second-order valence-electron chi connectivity index (χ2n) is 6.82. The quantitative estimate of drug-likeness (QED) is 0.825. The monoisotopic (exact) mass is 378 g/mol. The standard InChI is InChI=1S/C17H22N4O4S/c1-11(2)6-7-20-9-13(8-18-20)14-4-5-15(22)17(12(14)3)21-10-16(23)19-26(21,24)25/h4-5,8-9,11,22H,6-7,10H2,1-3H3,(H,19,23). The molecule has 26 heavy (non-hydrogen) atoms. The number of hydrogen-bond acceptors (Lipinski definition) is 5. The number of nitrogens with one attached hydrogen (secondary N) is 1. The molecule has 8 nitrogen and oxygen atoms in total. The first-order valence-electron chi connectivity index (χ1n) is 8.37. The third-order valence-corrected chi connectivity index (χ3v) is 5.74. The molecule has 2 heterocycles. The van der Waals surface area contributed by atoms with Crippen molar-refractivity contribution in [3.05, 3.63) is 30.1 Å². The Labute approximate surface area is 152 Å². The molecule has 1 amide bonds. The molecule has 2 N–H and O–H groups in total. The minimum atomic E-state index is -3.99. The van der Waals surface area contributed by atoms with Gasteiger partial charge in [0.05, 0.1) is 11.9 Å². The number of rotatable bonds is 5. The van der Waals surface area contributed by atoms with Crippen LogP contribution in [-0.4, -0.2) is 35.8 Å². The van der Waals surface area contributed by atoms with Gasteiger partial charge in [0, 0.05) is 18.3 Å². The number of phenols is 1. The predicted molar refractivity (Wildman–Crippen MR) is 97.9 cm³/mol. The van der Waals surface area contributed by atoms with Crippen LogP contribution in [0.1, 0.15) is 25.8 Å². The Bertz CT molecular complexity index is 950. The second kappa shape index (κ2) is 6.64. The summed E-state index contributed by atoms with van der Waals surface area (Å²) in [5.41, 5.74) is 2.25. The lowest BCUT2D eigenvalue weighted by Gasteiger charge is -2.20. The van der Waals surface area contributed by atoms with E-state index in [0.29, 0.717) is 11.5 Å². The smallest absolute Gasteiger partial charge is 0.326 e. The van der Waals surface area contributed by atoms with Crippen molar-refractivity contribution in [3.63, 3.8) is 0 Å². The first-order valence-corrected chi connectivity index (χ1v) is 9.81. The average Bonchev–Trinajstić information content (AvgIpc) is 3.09. The fourth-order valence-corrected chi connectivity index (χ4v) is 4.20. The van der Waals surface area contributed by atoms with Gasteiger partial charge in [0.2, 0.25) is 0 Å². The Kier molecular flexibility index (Phi) is 4.66. The molecule has 0 saturated carbocycles. The number of amides is 1. The molecule has 1 fully saturated rings. The van der Waals surface area contributed by atoms with Gasteiger partial charge in [-0.25, -0.2) is 9.03 Å². The van der Waals surface area contributed by atoms with Crippen molar-refractivity contribution in [2.24, 2.45) is 5.92 Å². The van der Waals surface area contributed by atoms with E-state index in [9.17, 15) is 18.3 Å². The molecule has 3 rings (SSSR count). The largest absolute Gasteiger partial charge is 0.506 e. The van der Waals surface area contributed by atoms with Crippen LogP contribution in [0.2, 0.25) is 0 Å². The lowest BCUT2D eigenvalue weighted by atomic mass is 10.0. The van der Waals surface area contributed by atoms with Crippen LogP contribution in [0.4, 0.5) is 5.69 Å². The van der Waals surface area contributed by atoms with E-state index in [2.05, 4.69) is 18.9 Å². The summed E-state index contributed by atoms with van der Waals surface area (Å²) in [6, 6.07) is 3.15. The molecule has 140 valence electrons. The highest BCUT2D eigenvalue weighted by atomic mass is 32.2. The van der Waals surface area contributed by atoms with Crippen LogP contribution >= 0.6 is 0 Å². The van der Waals surface area contributed by atoms with Crippen LogP contribution < -0.4 is 9.03 Å². The van der Waals surface area contributed by atoms with Crippen molar-refractivity contribution in [1.82, 2.24) is 14.5 Å². The molecule has 0 bridgehead atoms. The summed E-state index contributed by atoms with van der Waals surface area (Å²) in [6.45, 7) is 6.45. The van der Waals surface area contributed by atoms with Crippen molar-refractivity contribution in [2.75, 3.05) is 10.8 Å². The Balaban J connectivity index is 2.00. The Morgan fingerprint density at radius 3 is 2.69 bits per heavy atom. The number of aromatic nitrogens is 2. The van der Waals surface area contributed by atoms with Crippen LogP contribution in [0, 0.1) is 12.8 Å². The normalized spacial score (nSPS) is 16.3. The SMILES string of the molecule is Cc1c(-c2cnn(CCC(C)C)c2)ccc(O)c1N1CC(=O)NS1(=O)=O. The number of nitrogens with zero attached hydrogens (tertiary/aromatic N) is 3. The molecule has 0 aliphatic carbocycles.